The standard InChI is InChI=1S/C13H12F4N4O2/c14-6-3-7(15)10-8(4-6)18-11(20-10)21-2-1-13(16,17)9(5-21)19-12(22)23/h3-4,9,19H,1-2,5H2,(H,18,20)(H,22,23). The largest absolute Gasteiger partial charge is 0.465 e. The summed E-state index contributed by atoms with van der Waals surface area (Å²) in [5.74, 6) is -4.78. The van der Waals surface area contributed by atoms with Crippen molar-refractivity contribution in [3.63, 3.8) is 0 Å². The van der Waals surface area contributed by atoms with Crippen molar-refractivity contribution in [3.05, 3.63) is 23.8 Å². The van der Waals surface area contributed by atoms with Crippen molar-refractivity contribution in [1.82, 2.24) is 15.3 Å². The molecular formula is C13H12F4N4O2. The van der Waals surface area contributed by atoms with Crippen LogP contribution in [0.2, 0.25) is 0 Å². The van der Waals surface area contributed by atoms with Crippen LogP contribution in [0.1, 0.15) is 6.42 Å². The first-order valence-corrected chi connectivity index (χ1v) is 6.73. The molecule has 1 aromatic heterocycles. The number of carbonyl (C=O) groups is 1. The van der Waals surface area contributed by atoms with Gasteiger partial charge < -0.3 is 20.3 Å². The number of H-pyrrole nitrogens is 1. The minimum atomic E-state index is -3.20. The van der Waals surface area contributed by atoms with Gasteiger partial charge in [0, 0.05) is 25.6 Å². The Hall–Kier alpha value is -2.52. The van der Waals surface area contributed by atoms with E-state index in [1.807, 2.05) is 0 Å². The fourth-order valence-corrected chi connectivity index (χ4v) is 2.58. The van der Waals surface area contributed by atoms with Crippen LogP contribution in [-0.4, -0.2) is 46.2 Å². The number of aromatic nitrogens is 2. The van der Waals surface area contributed by atoms with Crippen LogP contribution in [0.5, 0.6) is 0 Å². The quantitative estimate of drug-likeness (QED) is 0.737. The Balaban J connectivity index is 1.90. The smallest absolute Gasteiger partial charge is 0.405 e. The van der Waals surface area contributed by atoms with Crippen molar-refractivity contribution in [1.29, 1.82) is 0 Å². The summed E-state index contributed by atoms with van der Waals surface area (Å²) >= 11 is 0. The van der Waals surface area contributed by atoms with E-state index in [4.69, 9.17) is 5.11 Å². The van der Waals surface area contributed by atoms with Crippen molar-refractivity contribution in [3.8, 4) is 0 Å². The number of nitrogens with one attached hydrogen (secondary N) is 2. The predicted octanol–water partition coefficient (Wildman–Crippen LogP) is 2.32. The molecule has 3 N–H and O–H groups in total. The van der Waals surface area contributed by atoms with Crippen molar-refractivity contribution in [2.24, 2.45) is 0 Å². The van der Waals surface area contributed by atoms with E-state index in [9.17, 15) is 22.4 Å². The monoisotopic (exact) mass is 332 g/mol. The summed E-state index contributed by atoms with van der Waals surface area (Å²) < 4.78 is 54.3. The van der Waals surface area contributed by atoms with Gasteiger partial charge in [-0.2, -0.15) is 0 Å². The van der Waals surface area contributed by atoms with Gasteiger partial charge in [-0.3, -0.25) is 0 Å². The number of imidazole rings is 1. The second-order valence-corrected chi connectivity index (χ2v) is 5.30. The lowest BCUT2D eigenvalue weighted by Gasteiger charge is -2.37. The Morgan fingerprint density at radius 3 is 2.87 bits per heavy atom. The van der Waals surface area contributed by atoms with E-state index >= 15 is 0 Å². The number of halogens is 4. The Bertz CT molecular complexity index is 764. The van der Waals surface area contributed by atoms with Gasteiger partial charge in [-0.1, -0.05) is 0 Å². The first-order valence-electron chi connectivity index (χ1n) is 6.73. The van der Waals surface area contributed by atoms with Gasteiger partial charge in [0.25, 0.3) is 5.92 Å². The number of piperidine rings is 1. The summed E-state index contributed by atoms with van der Waals surface area (Å²) in [5.41, 5.74) is -0.0148. The molecule has 0 spiro atoms. The van der Waals surface area contributed by atoms with Gasteiger partial charge in [-0.25, -0.2) is 27.3 Å². The average Bonchev–Trinajstić information content (AvgIpc) is 2.84. The Morgan fingerprint density at radius 2 is 2.17 bits per heavy atom. The highest BCUT2D eigenvalue weighted by atomic mass is 19.3. The minimum Gasteiger partial charge on any atom is -0.465 e. The molecule has 1 amide bonds. The summed E-state index contributed by atoms with van der Waals surface area (Å²) in [6, 6.07) is 0.0931. The molecule has 2 heterocycles. The fraction of sp³-hybridized carbons (Fsp3) is 0.385. The molecule has 23 heavy (non-hydrogen) atoms. The SMILES string of the molecule is O=C(O)NC1CN(c2nc3c(F)cc(F)cc3[nH]2)CCC1(F)F. The molecule has 1 aliphatic rings. The highest BCUT2D eigenvalue weighted by Crippen LogP contribution is 2.31. The molecule has 6 nitrogen and oxygen atoms in total. The second-order valence-electron chi connectivity index (χ2n) is 5.30. The molecule has 0 bridgehead atoms. The molecule has 1 saturated heterocycles. The number of anilines is 1. The molecule has 1 aliphatic heterocycles. The van der Waals surface area contributed by atoms with Crippen LogP contribution in [0.3, 0.4) is 0 Å². The number of aromatic amines is 1. The lowest BCUT2D eigenvalue weighted by atomic mass is 10.0. The maximum absolute atomic E-state index is 13.7. The number of rotatable bonds is 2. The topological polar surface area (TPSA) is 81.2 Å². The molecule has 0 aliphatic carbocycles. The third kappa shape index (κ3) is 2.88. The van der Waals surface area contributed by atoms with E-state index in [2.05, 4.69) is 9.97 Å². The second kappa shape index (κ2) is 5.28. The van der Waals surface area contributed by atoms with E-state index < -0.39 is 36.1 Å². The first kappa shape index (κ1) is 15.4. The van der Waals surface area contributed by atoms with E-state index in [0.29, 0.717) is 6.07 Å². The van der Waals surface area contributed by atoms with Gasteiger partial charge in [0.1, 0.15) is 17.4 Å². The molecule has 1 aromatic carbocycles. The summed E-state index contributed by atoms with van der Waals surface area (Å²) in [7, 11) is 0. The highest BCUT2D eigenvalue weighted by molar-refractivity contribution is 5.78. The molecule has 3 rings (SSSR count). The highest BCUT2D eigenvalue weighted by Gasteiger charge is 2.45. The number of benzene rings is 1. The maximum atomic E-state index is 13.7. The van der Waals surface area contributed by atoms with E-state index in [0.717, 1.165) is 6.07 Å². The first-order chi connectivity index (χ1) is 10.8. The van der Waals surface area contributed by atoms with Gasteiger partial charge in [0.05, 0.1) is 5.52 Å². The third-order valence-electron chi connectivity index (χ3n) is 3.72. The predicted molar refractivity (Wildman–Crippen MR) is 72.7 cm³/mol. The number of hydrogen-bond donors (Lipinski definition) is 3. The third-order valence-corrected chi connectivity index (χ3v) is 3.72. The van der Waals surface area contributed by atoms with Gasteiger partial charge in [0.2, 0.25) is 5.95 Å². The van der Waals surface area contributed by atoms with Crippen LogP contribution in [-0.2, 0) is 0 Å². The fourth-order valence-electron chi connectivity index (χ4n) is 2.58. The van der Waals surface area contributed by atoms with Crippen molar-refractivity contribution in [2.45, 2.75) is 18.4 Å². The lowest BCUT2D eigenvalue weighted by molar-refractivity contribution is -0.0494. The zero-order chi connectivity index (χ0) is 16.8. The molecule has 1 atom stereocenters. The number of carboxylic acid groups (broad SMARTS) is 1. The van der Waals surface area contributed by atoms with E-state index in [1.165, 1.54) is 4.90 Å². The van der Waals surface area contributed by atoms with Gasteiger partial charge in [0.15, 0.2) is 5.82 Å². The van der Waals surface area contributed by atoms with Crippen LogP contribution in [0, 0.1) is 11.6 Å². The average molecular weight is 332 g/mol. The number of nitrogens with zero attached hydrogens (tertiary/aromatic N) is 2. The number of amides is 1. The number of hydrogen-bond acceptors (Lipinski definition) is 3. The maximum Gasteiger partial charge on any atom is 0.405 e. The summed E-state index contributed by atoms with van der Waals surface area (Å²) in [6.07, 6.45) is -2.15. The van der Waals surface area contributed by atoms with Crippen molar-refractivity contribution < 1.29 is 27.5 Å². The summed E-state index contributed by atoms with van der Waals surface area (Å²) in [4.78, 5) is 18.6. The Labute approximate surface area is 127 Å². The van der Waals surface area contributed by atoms with Crippen LogP contribution >= 0.6 is 0 Å². The zero-order valence-corrected chi connectivity index (χ0v) is 11.6. The minimum absolute atomic E-state index is 0.0807. The molecule has 0 saturated carbocycles. The molecule has 2 aromatic rings. The molecule has 1 fully saturated rings. The molecule has 10 heteroatoms. The van der Waals surface area contributed by atoms with Gasteiger partial charge in [-0.05, 0) is 6.07 Å². The summed E-state index contributed by atoms with van der Waals surface area (Å²) in [5, 5.41) is 10.4. The molecular weight excluding hydrogens is 320 g/mol. The van der Waals surface area contributed by atoms with Crippen LogP contribution in [0.25, 0.3) is 11.0 Å². The Morgan fingerprint density at radius 1 is 1.43 bits per heavy atom. The Kier molecular flexibility index (Phi) is 3.53. The summed E-state index contributed by atoms with van der Waals surface area (Å²) in [6.45, 7) is -0.446. The molecule has 124 valence electrons. The zero-order valence-electron chi connectivity index (χ0n) is 11.6. The van der Waals surface area contributed by atoms with Crippen LogP contribution < -0.4 is 10.2 Å². The van der Waals surface area contributed by atoms with E-state index in [1.54, 1.807) is 5.32 Å². The van der Waals surface area contributed by atoms with Gasteiger partial charge >= 0.3 is 6.09 Å². The van der Waals surface area contributed by atoms with Gasteiger partial charge in [-0.15, -0.1) is 0 Å². The molecule has 1 unspecified atom stereocenters. The number of fused-ring (bicyclic) bond motifs is 1. The lowest BCUT2D eigenvalue weighted by Crippen LogP contribution is -2.58. The van der Waals surface area contributed by atoms with Crippen LogP contribution in [0.4, 0.5) is 28.3 Å². The van der Waals surface area contributed by atoms with Crippen molar-refractivity contribution >= 4 is 23.1 Å². The normalized spacial score (nSPS) is 20.7. The van der Waals surface area contributed by atoms with E-state index in [-0.39, 0.29) is 30.1 Å². The van der Waals surface area contributed by atoms with Crippen LogP contribution in [0.15, 0.2) is 12.1 Å². The number of alkyl halides is 2. The molecule has 0 radical (unpaired) electrons. The van der Waals surface area contributed by atoms with Crippen molar-refractivity contribution in [2.75, 3.05) is 18.0 Å².